The highest BCUT2D eigenvalue weighted by atomic mass is 16.5. The Morgan fingerprint density at radius 2 is 1.31 bits per heavy atom. The fourth-order valence-electron chi connectivity index (χ4n) is 4.23. The van der Waals surface area contributed by atoms with Crippen LogP contribution < -0.4 is 5.73 Å². The summed E-state index contributed by atoms with van der Waals surface area (Å²) < 4.78 is 12.4. The van der Waals surface area contributed by atoms with Crippen molar-refractivity contribution in [2.24, 2.45) is 5.73 Å². The number of nitrogens with zero attached hydrogens (tertiary/aromatic N) is 3. The molecule has 0 spiro atoms. The van der Waals surface area contributed by atoms with Gasteiger partial charge < -0.3 is 15.2 Å². The molecule has 1 heterocycles. The van der Waals surface area contributed by atoms with E-state index < -0.39 is 0 Å². The van der Waals surface area contributed by atoms with Crippen LogP contribution in [0.3, 0.4) is 0 Å². The Bertz CT molecular complexity index is 639. The molecule has 1 aromatic rings. The molecule has 0 saturated heterocycles. The van der Waals surface area contributed by atoms with Gasteiger partial charge in [0.2, 0.25) is 0 Å². The molecule has 1 aromatic heterocycles. The fraction of sp³-hybridized carbons (Fsp3) is 0.759. The monoisotopic (exact) mass is 488 g/mol. The molecule has 0 aromatic carbocycles. The number of ether oxygens (including phenoxy) is 2. The van der Waals surface area contributed by atoms with Gasteiger partial charge in [0.1, 0.15) is 18.5 Å². The summed E-state index contributed by atoms with van der Waals surface area (Å²) in [5, 5.41) is 0. The Morgan fingerprint density at radius 1 is 0.771 bits per heavy atom. The molecule has 3 atom stereocenters. The van der Waals surface area contributed by atoms with Gasteiger partial charge in [0.15, 0.2) is 0 Å². The molecule has 3 unspecified atom stereocenters. The van der Waals surface area contributed by atoms with Crippen LogP contribution in [0.5, 0.6) is 0 Å². The van der Waals surface area contributed by atoms with Crippen LogP contribution in [0.15, 0.2) is 37.0 Å². The first kappa shape index (κ1) is 31.4. The SMILES string of the molecule is CC=CCOC(Cc1ncncn1)CC(CC(N)CCCCCCCCCCCC)OCC=CC. The Balaban J connectivity index is 2.45. The minimum absolute atomic E-state index is 0.0336. The van der Waals surface area contributed by atoms with E-state index in [1.54, 1.807) is 0 Å². The number of rotatable bonds is 23. The molecule has 0 amide bonds. The minimum atomic E-state index is -0.0336. The quantitative estimate of drug-likeness (QED) is 0.135. The molecule has 0 saturated carbocycles. The highest BCUT2D eigenvalue weighted by molar-refractivity contribution is 4.88. The van der Waals surface area contributed by atoms with Crippen LogP contribution in [0.1, 0.15) is 110 Å². The average Bonchev–Trinajstić information content (AvgIpc) is 2.86. The van der Waals surface area contributed by atoms with Gasteiger partial charge >= 0.3 is 0 Å². The van der Waals surface area contributed by atoms with Crippen LogP contribution >= 0.6 is 0 Å². The van der Waals surface area contributed by atoms with Gasteiger partial charge in [-0.3, -0.25) is 0 Å². The van der Waals surface area contributed by atoms with Crippen molar-refractivity contribution in [2.45, 2.75) is 129 Å². The maximum atomic E-state index is 6.55. The number of aromatic nitrogens is 3. The lowest BCUT2D eigenvalue weighted by Gasteiger charge is -2.25. The van der Waals surface area contributed by atoms with E-state index in [1.165, 1.54) is 76.9 Å². The summed E-state index contributed by atoms with van der Waals surface area (Å²) in [5.74, 6) is 0.743. The van der Waals surface area contributed by atoms with E-state index in [1.807, 2.05) is 38.2 Å². The average molecular weight is 489 g/mol. The van der Waals surface area contributed by atoms with Crippen molar-refractivity contribution < 1.29 is 9.47 Å². The fourth-order valence-corrected chi connectivity index (χ4v) is 4.23. The molecule has 35 heavy (non-hydrogen) atoms. The highest BCUT2D eigenvalue weighted by Gasteiger charge is 2.21. The van der Waals surface area contributed by atoms with Crippen LogP contribution in [0.2, 0.25) is 0 Å². The first-order chi connectivity index (χ1) is 17.2. The maximum Gasteiger partial charge on any atom is 0.134 e. The lowest BCUT2D eigenvalue weighted by molar-refractivity contribution is -0.00737. The Morgan fingerprint density at radius 3 is 1.89 bits per heavy atom. The smallest absolute Gasteiger partial charge is 0.134 e. The van der Waals surface area contributed by atoms with Crippen LogP contribution in [0, 0.1) is 0 Å². The zero-order chi connectivity index (χ0) is 25.4. The van der Waals surface area contributed by atoms with E-state index in [9.17, 15) is 0 Å². The Hall–Kier alpha value is -1.63. The lowest BCUT2D eigenvalue weighted by Crippen LogP contribution is -2.32. The molecule has 0 radical (unpaired) electrons. The van der Waals surface area contributed by atoms with Crippen LogP contribution in [-0.4, -0.2) is 46.4 Å². The third kappa shape index (κ3) is 18.3. The topological polar surface area (TPSA) is 83.2 Å². The minimum Gasteiger partial charge on any atom is -0.374 e. The van der Waals surface area contributed by atoms with Crippen molar-refractivity contribution in [3.05, 3.63) is 42.8 Å². The van der Waals surface area contributed by atoms with Gasteiger partial charge in [-0.15, -0.1) is 0 Å². The molecule has 0 aliphatic carbocycles. The molecule has 0 aliphatic heterocycles. The van der Waals surface area contributed by atoms with Gasteiger partial charge in [-0.2, -0.15) is 0 Å². The van der Waals surface area contributed by atoms with Crippen LogP contribution in [0.4, 0.5) is 0 Å². The molecule has 1 rings (SSSR count). The van der Waals surface area contributed by atoms with Gasteiger partial charge in [0.25, 0.3) is 0 Å². The highest BCUT2D eigenvalue weighted by Crippen LogP contribution is 2.18. The summed E-state index contributed by atoms with van der Waals surface area (Å²) in [7, 11) is 0. The summed E-state index contributed by atoms with van der Waals surface area (Å²) in [6.07, 6.45) is 27.9. The third-order valence-corrected chi connectivity index (χ3v) is 6.30. The summed E-state index contributed by atoms with van der Waals surface area (Å²) in [6, 6.07) is 0.146. The van der Waals surface area contributed by atoms with E-state index in [0.29, 0.717) is 19.6 Å². The predicted molar refractivity (Wildman–Crippen MR) is 146 cm³/mol. The van der Waals surface area contributed by atoms with E-state index in [0.717, 1.165) is 25.1 Å². The third-order valence-electron chi connectivity index (χ3n) is 6.30. The van der Waals surface area contributed by atoms with Crippen molar-refractivity contribution in [3.63, 3.8) is 0 Å². The number of unbranched alkanes of at least 4 members (excludes halogenated alkanes) is 9. The molecule has 6 nitrogen and oxygen atoms in total. The molecular formula is C29H52N4O2. The van der Waals surface area contributed by atoms with Gasteiger partial charge in [-0.1, -0.05) is 95.4 Å². The van der Waals surface area contributed by atoms with Gasteiger partial charge in [0.05, 0.1) is 25.4 Å². The molecular weight excluding hydrogens is 436 g/mol. The second-order valence-electron chi connectivity index (χ2n) is 9.51. The summed E-state index contributed by atoms with van der Waals surface area (Å²) in [6.45, 7) is 7.45. The van der Waals surface area contributed by atoms with Gasteiger partial charge in [0, 0.05) is 18.9 Å². The first-order valence-electron chi connectivity index (χ1n) is 14.0. The van der Waals surface area contributed by atoms with E-state index >= 15 is 0 Å². The predicted octanol–water partition coefficient (Wildman–Crippen LogP) is 6.76. The standard InChI is InChI=1S/C29H52N4O2/c1-4-7-10-11-12-13-14-15-16-17-18-26(30)21-27(34-19-8-5-2)22-28(35-20-9-6-3)23-29-32-24-31-25-33-29/h5-6,8-9,24-28H,4,7,10-23,30H2,1-3H3. The zero-order valence-electron chi connectivity index (χ0n) is 22.7. The number of nitrogens with two attached hydrogens (primary N) is 1. The molecule has 0 bridgehead atoms. The largest absolute Gasteiger partial charge is 0.374 e. The second-order valence-corrected chi connectivity index (χ2v) is 9.51. The number of hydrogen-bond donors (Lipinski definition) is 1. The molecule has 2 N–H and O–H groups in total. The zero-order valence-corrected chi connectivity index (χ0v) is 22.7. The molecule has 0 fully saturated rings. The maximum absolute atomic E-state index is 6.55. The second kappa shape index (κ2) is 22.8. The Labute approximate surface area is 215 Å². The van der Waals surface area contributed by atoms with Gasteiger partial charge in [-0.05, 0) is 26.7 Å². The van der Waals surface area contributed by atoms with Gasteiger partial charge in [-0.25, -0.2) is 15.0 Å². The number of hydrogen-bond acceptors (Lipinski definition) is 6. The normalized spacial score (nSPS) is 14.6. The van der Waals surface area contributed by atoms with E-state index in [4.69, 9.17) is 15.2 Å². The summed E-state index contributed by atoms with van der Waals surface area (Å²) >= 11 is 0. The summed E-state index contributed by atoms with van der Waals surface area (Å²) in [5.41, 5.74) is 6.55. The number of allylic oxidation sites excluding steroid dienone is 2. The van der Waals surface area contributed by atoms with Crippen molar-refractivity contribution in [1.29, 1.82) is 0 Å². The first-order valence-corrected chi connectivity index (χ1v) is 14.0. The van der Waals surface area contributed by atoms with Crippen molar-refractivity contribution in [1.82, 2.24) is 15.0 Å². The van der Waals surface area contributed by atoms with Crippen molar-refractivity contribution in [2.75, 3.05) is 13.2 Å². The van der Waals surface area contributed by atoms with E-state index in [-0.39, 0.29) is 18.2 Å². The molecule has 6 heteroatoms. The van der Waals surface area contributed by atoms with Crippen LogP contribution in [-0.2, 0) is 15.9 Å². The molecule has 0 aliphatic rings. The van der Waals surface area contributed by atoms with Crippen molar-refractivity contribution in [3.8, 4) is 0 Å². The van der Waals surface area contributed by atoms with E-state index in [2.05, 4.69) is 21.9 Å². The molecule has 200 valence electrons. The summed E-state index contributed by atoms with van der Waals surface area (Å²) in [4.78, 5) is 12.5. The lowest BCUT2D eigenvalue weighted by atomic mass is 9.97. The Kier molecular flexibility index (Phi) is 20.5. The van der Waals surface area contributed by atoms with Crippen LogP contribution in [0.25, 0.3) is 0 Å². The van der Waals surface area contributed by atoms with Crippen molar-refractivity contribution >= 4 is 0 Å².